The number of aliphatic hydroxyl groups excluding tert-OH is 1. The lowest BCUT2D eigenvalue weighted by molar-refractivity contribution is -0.136. The van der Waals surface area contributed by atoms with E-state index in [1.165, 1.54) is 0 Å². The number of benzene rings is 1. The van der Waals surface area contributed by atoms with Gasteiger partial charge in [-0.05, 0) is 23.5 Å². The molecule has 0 aromatic heterocycles. The maximum atomic E-state index is 11.9. The summed E-state index contributed by atoms with van der Waals surface area (Å²) in [4.78, 5) is 11.9. The summed E-state index contributed by atoms with van der Waals surface area (Å²) >= 11 is 0. The number of carbonyl (C=O) groups is 1. The van der Waals surface area contributed by atoms with Gasteiger partial charge in [0.15, 0.2) is 0 Å². The molecule has 0 heterocycles. The van der Waals surface area contributed by atoms with Crippen LogP contribution in [0.2, 0.25) is 0 Å². The zero-order valence-corrected chi connectivity index (χ0v) is 11.0. The van der Waals surface area contributed by atoms with E-state index in [4.69, 9.17) is 4.74 Å². The molecule has 0 saturated heterocycles. The number of fused-ring (bicyclic) bond motifs is 1. The summed E-state index contributed by atoms with van der Waals surface area (Å²) in [5, 5.41) is 10.1. The van der Waals surface area contributed by atoms with E-state index in [1.54, 1.807) is 6.92 Å². The standard InChI is InChI=1S/C15H18O3/c1-4-18-14(17)13-10-7-5-6-8-11(10)15(2,3)9-12(13)16/h5-8,16H,4,9H2,1-3H3. The zero-order chi connectivity index (χ0) is 13.3. The molecule has 0 spiro atoms. The molecule has 1 aliphatic carbocycles. The summed E-state index contributed by atoms with van der Waals surface area (Å²) in [5.41, 5.74) is 2.00. The summed E-state index contributed by atoms with van der Waals surface area (Å²) in [7, 11) is 0. The Balaban J connectivity index is 2.57. The minimum atomic E-state index is -0.446. The molecule has 1 N–H and O–H groups in total. The molecule has 1 aromatic carbocycles. The van der Waals surface area contributed by atoms with E-state index in [2.05, 4.69) is 13.8 Å². The lowest BCUT2D eigenvalue weighted by Crippen LogP contribution is -2.27. The second kappa shape index (κ2) is 4.48. The highest BCUT2D eigenvalue weighted by atomic mass is 16.5. The van der Waals surface area contributed by atoms with Gasteiger partial charge >= 0.3 is 5.97 Å². The maximum Gasteiger partial charge on any atom is 0.342 e. The van der Waals surface area contributed by atoms with Gasteiger partial charge in [0.1, 0.15) is 11.3 Å². The van der Waals surface area contributed by atoms with Gasteiger partial charge in [-0.2, -0.15) is 0 Å². The Morgan fingerprint density at radius 1 is 1.39 bits per heavy atom. The molecule has 0 saturated carbocycles. The first kappa shape index (κ1) is 12.7. The van der Waals surface area contributed by atoms with Crippen molar-refractivity contribution in [2.45, 2.75) is 32.6 Å². The second-order valence-corrected chi connectivity index (χ2v) is 5.15. The molecule has 0 amide bonds. The Bertz CT molecular complexity index is 512. The first-order valence-electron chi connectivity index (χ1n) is 6.16. The Morgan fingerprint density at radius 3 is 2.72 bits per heavy atom. The highest BCUT2D eigenvalue weighted by Gasteiger charge is 2.35. The number of hydrogen-bond acceptors (Lipinski definition) is 3. The van der Waals surface area contributed by atoms with Crippen molar-refractivity contribution in [3.05, 3.63) is 41.2 Å². The maximum absolute atomic E-state index is 11.9. The molecular formula is C15H18O3. The van der Waals surface area contributed by atoms with Crippen LogP contribution in [0.1, 0.15) is 38.3 Å². The predicted octanol–water partition coefficient (Wildman–Crippen LogP) is 3.20. The number of carbonyl (C=O) groups excluding carboxylic acids is 1. The van der Waals surface area contributed by atoms with Crippen LogP contribution in [0.5, 0.6) is 0 Å². The van der Waals surface area contributed by atoms with Crippen molar-refractivity contribution in [1.82, 2.24) is 0 Å². The Morgan fingerprint density at radius 2 is 2.06 bits per heavy atom. The number of allylic oxidation sites excluding steroid dienone is 1. The minimum Gasteiger partial charge on any atom is -0.511 e. The Kier molecular flexibility index (Phi) is 3.16. The van der Waals surface area contributed by atoms with Crippen LogP contribution in [0.4, 0.5) is 0 Å². The molecule has 0 fully saturated rings. The van der Waals surface area contributed by atoms with Crippen LogP contribution in [0, 0.1) is 0 Å². The van der Waals surface area contributed by atoms with Crippen molar-refractivity contribution in [3.63, 3.8) is 0 Å². The molecule has 1 aliphatic rings. The van der Waals surface area contributed by atoms with Crippen molar-refractivity contribution in [2.75, 3.05) is 6.61 Å². The van der Waals surface area contributed by atoms with Gasteiger partial charge in [0.2, 0.25) is 0 Å². The predicted molar refractivity (Wildman–Crippen MR) is 70.3 cm³/mol. The fourth-order valence-electron chi connectivity index (χ4n) is 2.48. The van der Waals surface area contributed by atoms with Crippen molar-refractivity contribution in [2.24, 2.45) is 0 Å². The van der Waals surface area contributed by atoms with Gasteiger partial charge in [0, 0.05) is 6.42 Å². The molecule has 1 aromatic rings. The smallest absolute Gasteiger partial charge is 0.342 e. The normalized spacial score (nSPS) is 17.3. The van der Waals surface area contributed by atoms with Crippen LogP contribution in [-0.4, -0.2) is 17.7 Å². The number of aliphatic hydroxyl groups is 1. The summed E-state index contributed by atoms with van der Waals surface area (Å²) in [6.07, 6.45) is 0.457. The van der Waals surface area contributed by atoms with Crippen LogP contribution in [0.15, 0.2) is 30.0 Å². The molecule has 0 radical (unpaired) electrons. The summed E-state index contributed by atoms with van der Waals surface area (Å²) in [5.74, 6) is -0.324. The molecular weight excluding hydrogens is 228 g/mol. The first-order chi connectivity index (χ1) is 8.47. The van der Waals surface area contributed by atoms with Crippen molar-refractivity contribution < 1.29 is 14.6 Å². The molecule has 0 aliphatic heterocycles. The molecule has 0 unspecified atom stereocenters. The quantitative estimate of drug-likeness (QED) is 0.815. The van der Waals surface area contributed by atoms with E-state index in [0.717, 1.165) is 11.1 Å². The fourth-order valence-corrected chi connectivity index (χ4v) is 2.48. The number of esters is 1. The molecule has 96 valence electrons. The van der Waals surface area contributed by atoms with Gasteiger partial charge in [-0.25, -0.2) is 4.79 Å². The highest BCUT2D eigenvalue weighted by molar-refractivity contribution is 6.18. The van der Waals surface area contributed by atoms with Crippen LogP contribution in [-0.2, 0) is 14.9 Å². The molecule has 2 rings (SSSR count). The van der Waals surface area contributed by atoms with Crippen LogP contribution < -0.4 is 0 Å². The van der Waals surface area contributed by atoms with Gasteiger partial charge in [-0.3, -0.25) is 0 Å². The fraction of sp³-hybridized carbons (Fsp3) is 0.400. The summed E-state index contributed by atoms with van der Waals surface area (Å²) in [6, 6.07) is 7.68. The molecule has 0 bridgehead atoms. The SMILES string of the molecule is CCOC(=O)C1=C(O)CC(C)(C)c2ccccc21. The molecule has 3 nitrogen and oxygen atoms in total. The lowest BCUT2D eigenvalue weighted by Gasteiger charge is -2.32. The van der Waals surface area contributed by atoms with Crippen molar-refractivity contribution >= 4 is 11.5 Å². The van der Waals surface area contributed by atoms with E-state index in [-0.39, 0.29) is 11.2 Å². The number of ether oxygens (including phenoxy) is 1. The summed E-state index contributed by atoms with van der Waals surface area (Å²) < 4.78 is 5.02. The minimum absolute atomic E-state index is 0.122. The first-order valence-corrected chi connectivity index (χ1v) is 6.16. The topological polar surface area (TPSA) is 46.5 Å². The van der Waals surface area contributed by atoms with E-state index >= 15 is 0 Å². The second-order valence-electron chi connectivity index (χ2n) is 5.15. The van der Waals surface area contributed by atoms with Gasteiger partial charge in [0.05, 0.1) is 6.61 Å². The van der Waals surface area contributed by atoms with Crippen LogP contribution in [0.3, 0.4) is 0 Å². The average Bonchev–Trinajstić information content (AvgIpc) is 2.28. The van der Waals surface area contributed by atoms with Gasteiger partial charge < -0.3 is 9.84 Å². The molecule has 0 atom stereocenters. The van der Waals surface area contributed by atoms with E-state index in [9.17, 15) is 9.90 Å². The monoisotopic (exact) mass is 246 g/mol. The lowest BCUT2D eigenvalue weighted by atomic mass is 9.72. The van der Waals surface area contributed by atoms with E-state index < -0.39 is 5.97 Å². The van der Waals surface area contributed by atoms with E-state index in [1.807, 2.05) is 24.3 Å². The Labute approximate surface area is 107 Å². The highest BCUT2D eigenvalue weighted by Crippen LogP contribution is 2.41. The van der Waals surface area contributed by atoms with Gasteiger partial charge in [-0.1, -0.05) is 38.1 Å². The number of rotatable bonds is 2. The van der Waals surface area contributed by atoms with Crippen molar-refractivity contribution in [3.8, 4) is 0 Å². The summed E-state index contributed by atoms with van der Waals surface area (Å²) in [6.45, 7) is 6.18. The third kappa shape index (κ3) is 2.01. The molecule has 18 heavy (non-hydrogen) atoms. The van der Waals surface area contributed by atoms with Crippen LogP contribution >= 0.6 is 0 Å². The van der Waals surface area contributed by atoms with Crippen LogP contribution in [0.25, 0.3) is 5.57 Å². The Hall–Kier alpha value is -1.77. The third-order valence-electron chi connectivity index (χ3n) is 3.30. The van der Waals surface area contributed by atoms with E-state index in [0.29, 0.717) is 18.6 Å². The number of hydrogen-bond donors (Lipinski definition) is 1. The van der Waals surface area contributed by atoms with Gasteiger partial charge in [0.25, 0.3) is 0 Å². The zero-order valence-electron chi connectivity index (χ0n) is 11.0. The third-order valence-corrected chi connectivity index (χ3v) is 3.30. The molecule has 3 heteroatoms. The van der Waals surface area contributed by atoms with Crippen molar-refractivity contribution in [1.29, 1.82) is 0 Å². The largest absolute Gasteiger partial charge is 0.511 e. The van der Waals surface area contributed by atoms with Gasteiger partial charge in [-0.15, -0.1) is 0 Å². The average molecular weight is 246 g/mol.